The number of halogens is 1. The summed E-state index contributed by atoms with van der Waals surface area (Å²) in [7, 11) is 0. The first-order chi connectivity index (χ1) is 4.61. The van der Waals surface area contributed by atoms with E-state index in [1.807, 2.05) is 10.0 Å². The van der Waals surface area contributed by atoms with Crippen molar-refractivity contribution >= 4 is 22.9 Å². The van der Waals surface area contributed by atoms with Crippen LogP contribution in [0.15, 0.2) is 0 Å². The highest BCUT2D eigenvalue weighted by molar-refractivity contribution is 14.1. The van der Waals surface area contributed by atoms with Crippen LogP contribution in [0.4, 0.5) is 0 Å². The minimum absolute atomic E-state index is 0.181. The lowest BCUT2D eigenvalue weighted by Crippen LogP contribution is -2.47. The fourth-order valence-corrected chi connectivity index (χ4v) is 2.21. The minimum atomic E-state index is -0.569. The first kappa shape index (κ1) is 8.70. The summed E-state index contributed by atoms with van der Waals surface area (Å²) < 4.78 is 2.00. The van der Waals surface area contributed by atoms with Crippen molar-refractivity contribution in [3.63, 3.8) is 0 Å². The molecule has 2 N–H and O–H groups in total. The van der Waals surface area contributed by atoms with E-state index in [-0.39, 0.29) is 5.92 Å². The summed E-state index contributed by atoms with van der Waals surface area (Å²) in [5.41, 5.74) is 0. The highest BCUT2D eigenvalue weighted by atomic mass is 127. The molecule has 1 fully saturated rings. The second-order valence-electron chi connectivity index (χ2n) is 2.86. The van der Waals surface area contributed by atoms with E-state index in [4.69, 9.17) is 0 Å². The number of β-amino-alcohol motifs (C(OH)–C–C–N with tert-alkyl or cyclic N) is 1. The van der Waals surface area contributed by atoms with Gasteiger partial charge in [0.15, 0.2) is 0 Å². The summed E-state index contributed by atoms with van der Waals surface area (Å²) in [6.45, 7) is 3.38. The van der Waals surface area contributed by atoms with E-state index in [0.717, 1.165) is 6.54 Å². The maximum Gasteiger partial charge on any atom is 0.0936 e. The average Bonchev–Trinajstić information content (AvgIpc) is 1.82. The molecule has 10 heavy (non-hydrogen) atoms. The van der Waals surface area contributed by atoms with E-state index < -0.39 is 12.2 Å². The Morgan fingerprint density at radius 1 is 1.40 bits per heavy atom. The third kappa shape index (κ3) is 1.81. The number of nitrogens with zero attached hydrogens (tertiary/aromatic N) is 1. The Morgan fingerprint density at radius 3 is 2.50 bits per heavy atom. The molecular formula is C6H12INO2. The maximum atomic E-state index is 9.28. The number of piperidine rings is 1. The Balaban J connectivity index is 2.49. The van der Waals surface area contributed by atoms with Gasteiger partial charge in [0, 0.05) is 36.0 Å². The van der Waals surface area contributed by atoms with Gasteiger partial charge in [-0.15, -0.1) is 0 Å². The van der Waals surface area contributed by atoms with Gasteiger partial charge in [-0.3, -0.25) is 0 Å². The molecule has 0 aliphatic carbocycles. The van der Waals surface area contributed by atoms with Crippen molar-refractivity contribution in [1.82, 2.24) is 3.11 Å². The van der Waals surface area contributed by atoms with Crippen molar-refractivity contribution in [2.75, 3.05) is 13.1 Å². The molecular weight excluding hydrogens is 245 g/mol. The summed E-state index contributed by atoms with van der Waals surface area (Å²) >= 11 is 2.16. The molecule has 1 rings (SSSR count). The van der Waals surface area contributed by atoms with Gasteiger partial charge in [0.25, 0.3) is 0 Å². The van der Waals surface area contributed by atoms with Crippen LogP contribution in [-0.4, -0.2) is 38.6 Å². The molecule has 3 atom stereocenters. The van der Waals surface area contributed by atoms with Gasteiger partial charge in [-0.1, -0.05) is 6.92 Å². The van der Waals surface area contributed by atoms with Crippen molar-refractivity contribution in [2.45, 2.75) is 19.1 Å². The molecule has 1 saturated heterocycles. The van der Waals surface area contributed by atoms with Gasteiger partial charge >= 0.3 is 0 Å². The maximum absolute atomic E-state index is 9.28. The van der Waals surface area contributed by atoms with Crippen molar-refractivity contribution in [2.24, 2.45) is 5.92 Å². The Bertz CT molecular complexity index is 110. The van der Waals surface area contributed by atoms with Crippen molar-refractivity contribution in [1.29, 1.82) is 0 Å². The van der Waals surface area contributed by atoms with Crippen LogP contribution >= 0.6 is 22.9 Å². The van der Waals surface area contributed by atoms with Gasteiger partial charge in [0.1, 0.15) is 0 Å². The van der Waals surface area contributed by atoms with Crippen LogP contribution in [0.1, 0.15) is 6.92 Å². The smallest absolute Gasteiger partial charge is 0.0936 e. The Kier molecular flexibility index (Phi) is 2.91. The molecule has 0 aromatic carbocycles. The van der Waals surface area contributed by atoms with Crippen LogP contribution in [0, 0.1) is 5.92 Å². The standard InChI is InChI=1S/C6H12INO2/c1-4-2-8(7)3-5(9)6(4)10/h4-6,9-10H,2-3H2,1H3. The molecule has 0 saturated carbocycles. The van der Waals surface area contributed by atoms with Crippen LogP contribution < -0.4 is 0 Å². The van der Waals surface area contributed by atoms with Crippen LogP contribution in [0.3, 0.4) is 0 Å². The van der Waals surface area contributed by atoms with E-state index >= 15 is 0 Å². The van der Waals surface area contributed by atoms with Crippen molar-refractivity contribution in [3.8, 4) is 0 Å². The molecule has 0 radical (unpaired) electrons. The highest BCUT2D eigenvalue weighted by Gasteiger charge is 2.30. The number of aliphatic hydroxyl groups is 2. The molecule has 0 aromatic rings. The van der Waals surface area contributed by atoms with Crippen molar-refractivity contribution in [3.05, 3.63) is 0 Å². The van der Waals surface area contributed by atoms with Gasteiger partial charge in [0.05, 0.1) is 12.2 Å². The molecule has 0 bridgehead atoms. The molecule has 4 heteroatoms. The van der Waals surface area contributed by atoms with Gasteiger partial charge < -0.3 is 10.2 Å². The lowest BCUT2D eigenvalue weighted by atomic mass is 9.96. The minimum Gasteiger partial charge on any atom is -0.390 e. The molecule has 3 unspecified atom stereocenters. The molecule has 0 amide bonds. The van der Waals surface area contributed by atoms with Crippen LogP contribution in [0.5, 0.6) is 0 Å². The monoisotopic (exact) mass is 257 g/mol. The third-order valence-electron chi connectivity index (χ3n) is 1.85. The first-order valence-corrected chi connectivity index (χ1v) is 4.34. The predicted molar refractivity (Wildman–Crippen MR) is 46.8 cm³/mol. The Labute approximate surface area is 74.5 Å². The first-order valence-electron chi connectivity index (χ1n) is 3.38. The van der Waals surface area contributed by atoms with Crippen LogP contribution in [0.2, 0.25) is 0 Å². The van der Waals surface area contributed by atoms with E-state index in [1.54, 1.807) is 0 Å². The number of rotatable bonds is 0. The second kappa shape index (κ2) is 3.34. The second-order valence-corrected chi connectivity index (χ2v) is 4.23. The molecule has 60 valence electrons. The summed E-state index contributed by atoms with van der Waals surface area (Å²) in [5, 5.41) is 18.5. The molecule has 1 aliphatic heterocycles. The van der Waals surface area contributed by atoms with Gasteiger partial charge in [-0.25, -0.2) is 3.11 Å². The fourth-order valence-electron chi connectivity index (χ4n) is 1.19. The normalized spacial score (nSPS) is 43.8. The zero-order valence-electron chi connectivity index (χ0n) is 5.87. The zero-order valence-corrected chi connectivity index (χ0v) is 8.02. The van der Waals surface area contributed by atoms with Crippen molar-refractivity contribution < 1.29 is 10.2 Å². The highest BCUT2D eigenvalue weighted by Crippen LogP contribution is 2.19. The molecule has 0 spiro atoms. The SMILES string of the molecule is CC1CN(I)CC(O)C1O. The molecule has 1 aliphatic rings. The van der Waals surface area contributed by atoms with Gasteiger partial charge in [-0.2, -0.15) is 0 Å². The third-order valence-corrected chi connectivity index (χ3v) is 2.64. The summed E-state index contributed by atoms with van der Waals surface area (Å²) in [6, 6.07) is 0. The quantitative estimate of drug-likeness (QED) is 0.474. The van der Waals surface area contributed by atoms with E-state index in [1.165, 1.54) is 0 Å². The number of hydrogen-bond donors (Lipinski definition) is 2. The Morgan fingerprint density at radius 2 is 2.00 bits per heavy atom. The van der Waals surface area contributed by atoms with E-state index in [9.17, 15) is 10.2 Å². The zero-order chi connectivity index (χ0) is 7.72. The number of hydrogen-bond acceptors (Lipinski definition) is 3. The largest absolute Gasteiger partial charge is 0.390 e. The summed E-state index contributed by atoms with van der Waals surface area (Å²) in [4.78, 5) is 0. The average molecular weight is 257 g/mol. The molecule has 1 heterocycles. The lowest BCUT2D eigenvalue weighted by molar-refractivity contribution is -0.0444. The van der Waals surface area contributed by atoms with E-state index in [0.29, 0.717) is 6.54 Å². The molecule has 0 aromatic heterocycles. The fraction of sp³-hybridized carbons (Fsp3) is 1.00. The summed E-state index contributed by atoms with van der Waals surface area (Å²) in [6.07, 6.45) is -1.10. The van der Waals surface area contributed by atoms with Crippen LogP contribution in [0.25, 0.3) is 0 Å². The predicted octanol–water partition coefficient (Wildman–Crippen LogP) is 0.00990. The topological polar surface area (TPSA) is 43.7 Å². The van der Waals surface area contributed by atoms with Crippen LogP contribution in [-0.2, 0) is 0 Å². The lowest BCUT2D eigenvalue weighted by Gasteiger charge is -2.34. The summed E-state index contributed by atoms with van der Waals surface area (Å²) in [5.74, 6) is 0.181. The molecule has 3 nitrogen and oxygen atoms in total. The Hall–Kier alpha value is 0.610. The van der Waals surface area contributed by atoms with E-state index in [2.05, 4.69) is 22.9 Å². The van der Waals surface area contributed by atoms with Gasteiger partial charge in [-0.05, 0) is 5.92 Å². The van der Waals surface area contributed by atoms with Gasteiger partial charge in [0.2, 0.25) is 0 Å². The number of aliphatic hydroxyl groups excluding tert-OH is 2.